The van der Waals surface area contributed by atoms with Crippen molar-refractivity contribution in [2.45, 2.75) is 6.54 Å². The molecule has 144 valence electrons. The van der Waals surface area contributed by atoms with Crippen LogP contribution in [-0.4, -0.2) is 47.3 Å². The summed E-state index contributed by atoms with van der Waals surface area (Å²) in [5.41, 5.74) is 3.92. The normalized spacial score (nSPS) is 14.8. The van der Waals surface area contributed by atoms with E-state index < -0.39 is 0 Å². The minimum atomic E-state index is -0.226. The average molecular weight is 397 g/mol. The van der Waals surface area contributed by atoms with Gasteiger partial charge in [-0.05, 0) is 35.9 Å². The number of aromatic nitrogens is 2. The number of morpholine rings is 1. The van der Waals surface area contributed by atoms with E-state index >= 15 is 0 Å². The van der Waals surface area contributed by atoms with Crippen molar-refractivity contribution in [3.63, 3.8) is 0 Å². The Morgan fingerprint density at radius 3 is 2.71 bits per heavy atom. The number of rotatable bonds is 5. The number of H-pyrrole nitrogens is 1. The molecule has 6 nitrogen and oxygen atoms in total. The van der Waals surface area contributed by atoms with E-state index in [0.717, 1.165) is 49.7 Å². The quantitative estimate of drug-likeness (QED) is 0.688. The molecule has 28 heavy (non-hydrogen) atoms. The maximum absolute atomic E-state index is 12.6. The Morgan fingerprint density at radius 2 is 1.93 bits per heavy atom. The number of hydrogen-bond acceptors (Lipinski definition) is 4. The van der Waals surface area contributed by atoms with Gasteiger partial charge in [0.15, 0.2) is 0 Å². The zero-order valence-electron chi connectivity index (χ0n) is 15.3. The Hall–Kier alpha value is -2.67. The van der Waals surface area contributed by atoms with E-state index in [1.807, 2.05) is 30.3 Å². The number of anilines is 1. The SMILES string of the molecule is O=C(Nc1cccc(CN2CCOCC2)c1)c1cc(-c2ccc(Cl)cc2)n[nH]1. The predicted molar refractivity (Wildman–Crippen MR) is 110 cm³/mol. The topological polar surface area (TPSA) is 70.2 Å². The van der Waals surface area contributed by atoms with Crippen LogP contribution in [-0.2, 0) is 11.3 Å². The summed E-state index contributed by atoms with van der Waals surface area (Å²) >= 11 is 5.92. The lowest BCUT2D eigenvalue weighted by molar-refractivity contribution is 0.0342. The van der Waals surface area contributed by atoms with Gasteiger partial charge in [-0.25, -0.2) is 0 Å². The standard InChI is InChI=1S/C21H21ClN4O2/c22-17-6-4-16(5-7-17)19-13-20(25-24-19)21(27)23-18-3-1-2-15(12-18)14-26-8-10-28-11-9-26/h1-7,12-13H,8-11,14H2,(H,23,27)(H,24,25). The third-order valence-corrected chi connectivity index (χ3v) is 4.91. The molecule has 0 atom stereocenters. The van der Waals surface area contributed by atoms with E-state index in [1.54, 1.807) is 18.2 Å². The molecule has 0 bridgehead atoms. The van der Waals surface area contributed by atoms with Gasteiger partial charge >= 0.3 is 0 Å². The van der Waals surface area contributed by atoms with Crippen molar-refractivity contribution in [1.29, 1.82) is 0 Å². The van der Waals surface area contributed by atoms with Crippen LogP contribution in [0.5, 0.6) is 0 Å². The van der Waals surface area contributed by atoms with Crippen LogP contribution in [0.15, 0.2) is 54.6 Å². The van der Waals surface area contributed by atoms with E-state index in [9.17, 15) is 4.79 Å². The van der Waals surface area contributed by atoms with Crippen molar-refractivity contribution < 1.29 is 9.53 Å². The van der Waals surface area contributed by atoms with E-state index in [4.69, 9.17) is 16.3 Å². The zero-order valence-corrected chi connectivity index (χ0v) is 16.1. The molecule has 1 fully saturated rings. The molecule has 1 aliphatic rings. The molecule has 0 saturated carbocycles. The third kappa shape index (κ3) is 4.59. The molecule has 2 aromatic carbocycles. The van der Waals surface area contributed by atoms with Crippen molar-refractivity contribution >= 4 is 23.2 Å². The molecule has 1 saturated heterocycles. The second-order valence-corrected chi connectivity index (χ2v) is 7.15. The van der Waals surface area contributed by atoms with Crippen molar-refractivity contribution in [3.05, 3.63) is 70.9 Å². The first-order chi connectivity index (χ1) is 13.7. The Kier molecular flexibility index (Phi) is 5.71. The van der Waals surface area contributed by atoms with Gasteiger partial charge < -0.3 is 10.1 Å². The summed E-state index contributed by atoms with van der Waals surface area (Å²) in [4.78, 5) is 14.9. The lowest BCUT2D eigenvalue weighted by Gasteiger charge is -2.26. The van der Waals surface area contributed by atoms with Crippen LogP contribution in [0.1, 0.15) is 16.1 Å². The van der Waals surface area contributed by atoms with Gasteiger partial charge in [0.1, 0.15) is 5.69 Å². The Morgan fingerprint density at radius 1 is 1.14 bits per heavy atom. The number of nitrogens with one attached hydrogen (secondary N) is 2. The highest BCUT2D eigenvalue weighted by molar-refractivity contribution is 6.30. The van der Waals surface area contributed by atoms with Crippen LogP contribution in [0.2, 0.25) is 5.02 Å². The number of hydrogen-bond donors (Lipinski definition) is 2. The van der Waals surface area contributed by atoms with Crippen LogP contribution in [0.3, 0.4) is 0 Å². The van der Waals surface area contributed by atoms with Gasteiger partial charge in [-0.15, -0.1) is 0 Å². The summed E-state index contributed by atoms with van der Waals surface area (Å²) in [5.74, 6) is -0.226. The van der Waals surface area contributed by atoms with Crippen LogP contribution >= 0.6 is 11.6 Å². The molecule has 0 radical (unpaired) electrons. The molecule has 4 rings (SSSR count). The van der Waals surface area contributed by atoms with Crippen molar-refractivity contribution in [2.24, 2.45) is 0 Å². The fraction of sp³-hybridized carbons (Fsp3) is 0.238. The summed E-state index contributed by atoms with van der Waals surface area (Å²) in [5, 5.41) is 10.6. The first kappa shape index (κ1) is 18.7. The largest absolute Gasteiger partial charge is 0.379 e. The molecule has 7 heteroatoms. The van der Waals surface area contributed by atoms with E-state index in [-0.39, 0.29) is 5.91 Å². The van der Waals surface area contributed by atoms with Crippen LogP contribution in [0.4, 0.5) is 5.69 Å². The average Bonchev–Trinajstić information content (AvgIpc) is 3.20. The van der Waals surface area contributed by atoms with Crippen molar-refractivity contribution in [3.8, 4) is 11.3 Å². The van der Waals surface area contributed by atoms with E-state index in [2.05, 4.69) is 26.5 Å². The molecule has 0 unspecified atom stereocenters. The number of carbonyl (C=O) groups is 1. The highest BCUT2D eigenvalue weighted by atomic mass is 35.5. The first-order valence-electron chi connectivity index (χ1n) is 9.19. The summed E-state index contributed by atoms with van der Waals surface area (Å²) in [6, 6.07) is 17.0. The molecular weight excluding hydrogens is 376 g/mol. The molecule has 3 aromatic rings. The first-order valence-corrected chi connectivity index (χ1v) is 9.57. The Labute approximate surface area is 168 Å². The van der Waals surface area contributed by atoms with Gasteiger partial charge in [-0.3, -0.25) is 14.8 Å². The van der Waals surface area contributed by atoms with Gasteiger partial charge in [0.2, 0.25) is 0 Å². The highest BCUT2D eigenvalue weighted by Crippen LogP contribution is 2.21. The number of carbonyl (C=O) groups excluding carboxylic acids is 1. The van der Waals surface area contributed by atoms with Crippen LogP contribution in [0.25, 0.3) is 11.3 Å². The molecule has 1 amide bonds. The molecule has 0 spiro atoms. The third-order valence-electron chi connectivity index (χ3n) is 4.66. The van der Waals surface area contributed by atoms with Crippen LogP contribution in [0, 0.1) is 0 Å². The molecule has 2 N–H and O–H groups in total. The maximum atomic E-state index is 12.6. The summed E-state index contributed by atoms with van der Waals surface area (Å²) in [6.45, 7) is 4.24. The number of amides is 1. The number of aromatic amines is 1. The second-order valence-electron chi connectivity index (χ2n) is 6.72. The van der Waals surface area contributed by atoms with Gasteiger partial charge in [-0.2, -0.15) is 5.10 Å². The van der Waals surface area contributed by atoms with Crippen LogP contribution < -0.4 is 5.32 Å². The summed E-state index contributed by atoms with van der Waals surface area (Å²) in [6.07, 6.45) is 0. The molecule has 2 heterocycles. The Bertz CT molecular complexity index is 949. The summed E-state index contributed by atoms with van der Waals surface area (Å²) < 4.78 is 5.39. The zero-order chi connectivity index (χ0) is 19.3. The number of benzene rings is 2. The smallest absolute Gasteiger partial charge is 0.273 e. The van der Waals surface area contributed by atoms with Crippen molar-refractivity contribution in [2.75, 3.05) is 31.6 Å². The number of halogens is 1. The van der Waals surface area contributed by atoms with E-state index in [1.165, 1.54) is 0 Å². The molecule has 1 aliphatic heterocycles. The number of nitrogens with zero attached hydrogens (tertiary/aromatic N) is 2. The Balaban J connectivity index is 1.42. The van der Waals surface area contributed by atoms with Gasteiger partial charge in [0.25, 0.3) is 5.91 Å². The van der Waals surface area contributed by atoms with Gasteiger partial charge in [-0.1, -0.05) is 35.9 Å². The lowest BCUT2D eigenvalue weighted by atomic mass is 10.1. The fourth-order valence-electron chi connectivity index (χ4n) is 3.17. The molecule has 0 aliphatic carbocycles. The van der Waals surface area contributed by atoms with Gasteiger partial charge in [0, 0.05) is 35.9 Å². The molecule has 1 aromatic heterocycles. The minimum Gasteiger partial charge on any atom is -0.379 e. The van der Waals surface area contributed by atoms with Gasteiger partial charge in [0.05, 0.1) is 18.9 Å². The fourth-order valence-corrected chi connectivity index (χ4v) is 3.30. The second kappa shape index (κ2) is 8.56. The predicted octanol–water partition coefficient (Wildman–Crippen LogP) is 3.81. The summed E-state index contributed by atoms with van der Waals surface area (Å²) in [7, 11) is 0. The molecular formula is C21H21ClN4O2. The lowest BCUT2D eigenvalue weighted by Crippen LogP contribution is -2.35. The monoisotopic (exact) mass is 396 g/mol. The minimum absolute atomic E-state index is 0.226. The van der Waals surface area contributed by atoms with Crippen molar-refractivity contribution in [1.82, 2.24) is 15.1 Å². The maximum Gasteiger partial charge on any atom is 0.273 e. The highest BCUT2D eigenvalue weighted by Gasteiger charge is 2.13. The van der Waals surface area contributed by atoms with E-state index in [0.29, 0.717) is 16.4 Å². The number of ether oxygens (including phenoxy) is 1.